The molecule has 0 aliphatic carbocycles. The Bertz CT molecular complexity index is 372. The van der Waals surface area contributed by atoms with Gasteiger partial charge < -0.3 is 0 Å². The summed E-state index contributed by atoms with van der Waals surface area (Å²) in [6.45, 7) is 4.62. The zero-order valence-electron chi connectivity index (χ0n) is 28.7. The fourth-order valence-corrected chi connectivity index (χ4v) is 10.9. The number of rotatable bonds is 37. The van der Waals surface area contributed by atoms with E-state index in [0.717, 1.165) is 0 Å². The molecule has 0 aromatic carbocycles. The maximum absolute atomic E-state index is 2.31. The van der Waals surface area contributed by atoms with Crippen LogP contribution in [0.1, 0.15) is 232 Å². The van der Waals surface area contributed by atoms with Gasteiger partial charge in [-0.05, 0) is 0 Å². The molecule has 0 saturated carbocycles. The molecule has 2 heteroatoms. The van der Waals surface area contributed by atoms with Gasteiger partial charge in [-0.15, -0.1) is 0 Å². The molecule has 0 bridgehead atoms. The van der Waals surface area contributed by atoms with Gasteiger partial charge in [0.2, 0.25) is 0 Å². The van der Waals surface area contributed by atoms with E-state index in [2.05, 4.69) is 13.8 Å². The van der Waals surface area contributed by atoms with Crippen LogP contribution in [0.4, 0.5) is 0 Å². The van der Waals surface area contributed by atoms with Gasteiger partial charge in [0.05, 0.1) is 0 Å². The normalized spacial score (nSPS) is 11.9. The van der Waals surface area contributed by atoms with Crippen molar-refractivity contribution < 1.29 is 0 Å². The molecule has 0 aromatic heterocycles. The van der Waals surface area contributed by atoms with Crippen molar-refractivity contribution in [3.8, 4) is 0 Å². The van der Waals surface area contributed by atoms with E-state index in [1.807, 2.05) is 0 Å². The van der Waals surface area contributed by atoms with Crippen molar-refractivity contribution in [1.29, 1.82) is 0 Å². The number of unbranched alkanes of at least 4 members (excludes halogenated alkanes) is 32. The smallest absolute Gasteiger partial charge is 0.0654 e. The molecule has 1 atom stereocenters. The summed E-state index contributed by atoms with van der Waals surface area (Å²) in [5, 5.41) is 0. The van der Waals surface area contributed by atoms with Gasteiger partial charge in [-0.3, -0.25) is 0 Å². The van der Waals surface area contributed by atoms with E-state index >= 15 is 0 Å². The summed E-state index contributed by atoms with van der Waals surface area (Å²) in [4.78, 5) is 0. The first-order valence-electron chi connectivity index (χ1n) is 19.6. The van der Waals surface area contributed by atoms with E-state index in [1.54, 1.807) is 25.2 Å². The summed E-state index contributed by atoms with van der Waals surface area (Å²) < 4.78 is 0. The topological polar surface area (TPSA) is 0 Å². The van der Waals surface area contributed by atoms with Crippen LogP contribution in [0.5, 0.6) is 0 Å². The van der Waals surface area contributed by atoms with Crippen LogP contribution in [0, 0.1) is 0 Å². The Morgan fingerprint density at radius 2 is 0.500 bits per heavy atom. The first-order valence-corrected chi connectivity index (χ1v) is 24.2. The maximum atomic E-state index is 2.31. The Balaban J connectivity index is 3.01. The molecule has 1 unspecified atom stereocenters. The van der Waals surface area contributed by atoms with Gasteiger partial charge in [-0.25, -0.2) is 0 Å². The molecule has 0 N–H and O–H groups in total. The van der Waals surface area contributed by atoms with E-state index < -0.39 is 0 Å². The quantitative estimate of drug-likeness (QED) is 0.0491. The second-order valence-electron chi connectivity index (χ2n) is 13.4. The van der Waals surface area contributed by atoms with Crippen molar-refractivity contribution in [3.63, 3.8) is 0 Å². The van der Waals surface area contributed by atoms with Crippen molar-refractivity contribution in [2.75, 3.05) is 12.3 Å². The van der Waals surface area contributed by atoms with E-state index in [9.17, 15) is 0 Å². The Labute approximate surface area is 260 Å². The summed E-state index contributed by atoms with van der Waals surface area (Å²) in [5.41, 5.74) is 0. The van der Waals surface area contributed by atoms with Gasteiger partial charge in [-0.1, -0.05) is 97.3 Å². The second kappa shape index (κ2) is 39.9. The van der Waals surface area contributed by atoms with Gasteiger partial charge in [0.1, 0.15) is 0 Å². The average molecular weight is 601 g/mol. The van der Waals surface area contributed by atoms with E-state index in [0.29, 0.717) is 8.27 Å². The van der Waals surface area contributed by atoms with Crippen LogP contribution < -0.4 is 0 Å². The summed E-state index contributed by atoms with van der Waals surface area (Å²) in [7, 11) is 1.70. The van der Waals surface area contributed by atoms with Gasteiger partial charge >= 0.3 is 164 Å². The summed E-state index contributed by atoms with van der Waals surface area (Å²) in [6, 6.07) is 0. The third-order valence-corrected chi connectivity index (χ3v) is 14.3. The van der Waals surface area contributed by atoms with Crippen molar-refractivity contribution in [2.24, 2.45) is 0 Å². The van der Waals surface area contributed by atoms with Gasteiger partial charge in [0.25, 0.3) is 0 Å². The van der Waals surface area contributed by atoms with E-state index in [1.165, 1.54) is 214 Å². The molecule has 0 aliphatic rings. The standard InChI is InChI=1S/C38H82P2/c1-3-5-7-9-11-13-15-17-19-21-23-25-27-29-31-33-35-37-39-40-38-36-34-32-30-28-26-24-22-20-18-16-14-12-10-8-6-4-2/h39H,3-38H2,1-2,40H3. The monoisotopic (exact) mass is 601 g/mol. The van der Waals surface area contributed by atoms with Crippen molar-refractivity contribution in [1.82, 2.24) is 0 Å². The summed E-state index contributed by atoms with van der Waals surface area (Å²) >= 11 is 0. The number of hydrogen-bond donors (Lipinski definition) is 0. The summed E-state index contributed by atoms with van der Waals surface area (Å²) in [5.74, 6) is 0. The van der Waals surface area contributed by atoms with Gasteiger partial charge in [0.15, 0.2) is 0 Å². The third kappa shape index (κ3) is 38.9. The first kappa shape index (κ1) is 40.9. The Morgan fingerprint density at radius 1 is 0.275 bits per heavy atom. The molecule has 0 amide bonds. The molecular weight excluding hydrogens is 518 g/mol. The molecule has 0 saturated heterocycles. The van der Waals surface area contributed by atoms with Crippen LogP contribution in [-0.2, 0) is 0 Å². The first-order chi connectivity index (χ1) is 19.9. The second-order valence-corrected chi connectivity index (χ2v) is 18.6. The van der Waals surface area contributed by atoms with Crippen LogP contribution in [0.3, 0.4) is 0 Å². The van der Waals surface area contributed by atoms with Gasteiger partial charge in [0, 0.05) is 0 Å². The molecule has 0 aliphatic heterocycles. The van der Waals surface area contributed by atoms with Crippen LogP contribution in [0.15, 0.2) is 0 Å². The van der Waals surface area contributed by atoms with Gasteiger partial charge in [-0.2, -0.15) is 0 Å². The Kier molecular flexibility index (Phi) is 40.7. The van der Waals surface area contributed by atoms with E-state index in [4.69, 9.17) is 0 Å². The van der Waals surface area contributed by atoms with Crippen LogP contribution in [0.2, 0.25) is 0 Å². The SMILES string of the molecule is CCCCCCCCCCCCCCCCCCCP[PH3]CCCCCCCCCCCCCCCCCCC. The molecule has 0 nitrogen and oxygen atoms in total. The van der Waals surface area contributed by atoms with Crippen LogP contribution >= 0.6 is 16.5 Å². The zero-order chi connectivity index (χ0) is 28.9. The molecule has 0 aromatic rings. The predicted octanol–water partition coefficient (Wildman–Crippen LogP) is 15.0. The molecule has 0 fully saturated rings. The minimum atomic E-state index is 0.306. The van der Waals surface area contributed by atoms with E-state index in [-0.39, 0.29) is 0 Å². The van der Waals surface area contributed by atoms with Crippen molar-refractivity contribution >= 4 is 16.5 Å². The molecular formula is C38H82P2. The summed E-state index contributed by atoms with van der Waals surface area (Å²) in [6.07, 6.45) is 54.0. The number of hydrogen-bond acceptors (Lipinski definition) is 0. The molecule has 244 valence electrons. The predicted molar refractivity (Wildman–Crippen MR) is 197 cm³/mol. The minimum absolute atomic E-state index is 0.306. The molecule has 0 heterocycles. The fourth-order valence-electron chi connectivity index (χ4n) is 6.25. The third-order valence-electron chi connectivity index (χ3n) is 9.16. The minimum Gasteiger partial charge on any atom is -0.0654 e. The molecule has 0 radical (unpaired) electrons. The molecule has 40 heavy (non-hydrogen) atoms. The average Bonchev–Trinajstić information content (AvgIpc) is 2.97. The Hall–Kier alpha value is 0.860. The van der Waals surface area contributed by atoms with Crippen LogP contribution in [0.25, 0.3) is 0 Å². The Morgan fingerprint density at radius 3 is 0.775 bits per heavy atom. The fraction of sp³-hybridized carbons (Fsp3) is 1.00. The molecule has 0 spiro atoms. The zero-order valence-corrected chi connectivity index (χ0v) is 31.1. The molecule has 0 rings (SSSR count). The van der Waals surface area contributed by atoms with Crippen molar-refractivity contribution in [3.05, 3.63) is 0 Å². The van der Waals surface area contributed by atoms with Crippen molar-refractivity contribution in [2.45, 2.75) is 232 Å². The van der Waals surface area contributed by atoms with Crippen LogP contribution in [-0.4, -0.2) is 12.3 Å².